The third kappa shape index (κ3) is 4.30. The lowest BCUT2D eigenvalue weighted by molar-refractivity contribution is -0.142. The summed E-state index contributed by atoms with van der Waals surface area (Å²) in [5, 5.41) is 9.02. The summed E-state index contributed by atoms with van der Waals surface area (Å²) in [5.41, 5.74) is 4.29. The number of rotatable bonds is 5. The van der Waals surface area contributed by atoms with Crippen LogP contribution >= 0.6 is 22.7 Å². The highest BCUT2D eigenvalue weighted by Crippen LogP contribution is 2.34. The predicted octanol–water partition coefficient (Wildman–Crippen LogP) is 4.58. The molecule has 0 aliphatic rings. The number of carbonyl (C=O) groups is 1. The number of amidine groups is 1. The lowest BCUT2D eigenvalue weighted by Gasteiger charge is -2.10. The van der Waals surface area contributed by atoms with Gasteiger partial charge in [0.15, 0.2) is 22.9 Å². The molecular weight excluding hydrogens is 451 g/mol. The van der Waals surface area contributed by atoms with Gasteiger partial charge in [0.05, 0.1) is 15.4 Å². The van der Waals surface area contributed by atoms with Crippen LogP contribution < -0.4 is 5.73 Å². The van der Waals surface area contributed by atoms with Crippen LogP contribution in [0.1, 0.15) is 32.9 Å². The molecule has 0 unspecified atom stereocenters. The second-order valence-corrected chi connectivity index (χ2v) is 8.39. The van der Waals surface area contributed by atoms with Crippen LogP contribution in [-0.4, -0.2) is 26.4 Å². The highest BCUT2D eigenvalue weighted by molar-refractivity contribution is 7.15. The molecule has 4 aromatic rings. The standard InChI is InChI=1S/C19H14F3N5O2S2/c1-2-10-5-6-13(31-10)11-8-15(19(20,21)22)27-16(24-11)9-12(25-27)18(28)29-26-17(23)14-4-3-7-30-14/h3-9H,2H2,1H3,(H2,23,26). The Morgan fingerprint density at radius 1 is 1.29 bits per heavy atom. The highest BCUT2D eigenvalue weighted by atomic mass is 32.1. The van der Waals surface area contributed by atoms with E-state index in [1.807, 2.05) is 13.0 Å². The Bertz CT molecular complexity index is 1280. The molecule has 0 aliphatic carbocycles. The molecule has 0 amide bonds. The van der Waals surface area contributed by atoms with E-state index < -0.39 is 17.8 Å². The average molecular weight is 465 g/mol. The van der Waals surface area contributed by atoms with Crippen molar-refractivity contribution < 1.29 is 22.8 Å². The molecule has 0 aromatic carbocycles. The van der Waals surface area contributed by atoms with Gasteiger partial charge in [-0.3, -0.25) is 0 Å². The van der Waals surface area contributed by atoms with Gasteiger partial charge in [0, 0.05) is 10.9 Å². The van der Waals surface area contributed by atoms with Gasteiger partial charge in [-0.25, -0.2) is 14.3 Å². The van der Waals surface area contributed by atoms with Crippen molar-refractivity contribution in [3.8, 4) is 10.6 Å². The summed E-state index contributed by atoms with van der Waals surface area (Å²) < 4.78 is 41.6. The smallest absolute Gasteiger partial charge is 0.380 e. The van der Waals surface area contributed by atoms with Gasteiger partial charge in [-0.1, -0.05) is 18.1 Å². The van der Waals surface area contributed by atoms with E-state index in [9.17, 15) is 18.0 Å². The average Bonchev–Trinajstić information content (AvgIpc) is 3.49. The summed E-state index contributed by atoms with van der Waals surface area (Å²) in [6.07, 6.45) is -3.95. The lowest BCUT2D eigenvalue weighted by Crippen LogP contribution is -2.15. The first-order valence-corrected chi connectivity index (χ1v) is 10.6. The van der Waals surface area contributed by atoms with Gasteiger partial charge in [-0.2, -0.15) is 18.3 Å². The minimum atomic E-state index is -4.71. The summed E-state index contributed by atoms with van der Waals surface area (Å²) in [6, 6.07) is 9.01. The number of thiophene rings is 2. The zero-order valence-corrected chi connectivity index (χ0v) is 17.5. The number of nitrogens with two attached hydrogens (primary N) is 1. The summed E-state index contributed by atoms with van der Waals surface area (Å²) >= 11 is 2.64. The third-order valence-electron chi connectivity index (χ3n) is 4.19. The van der Waals surface area contributed by atoms with Crippen LogP contribution in [-0.2, 0) is 17.4 Å². The Morgan fingerprint density at radius 2 is 2.10 bits per heavy atom. The molecule has 4 heterocycles. The zero-order chi connectivity index (χ0) is 22.2. The van der Waals surface area contributed by atoms with Crippen LogP contribution in [0.3, 0.4) is 0 Å². The van der Waals surface area contributed by atoms with E-state index >= 15 is 0 Å². The zero-order valence-electron chi connectivity index (χ0n) is 15.9. The second kappa shape index (κ2) is 8.12. The van der Waals surface area contributed by atoms with E-state index in [4.69, 9.17) is 10.6 Å². The van der Waals surface area contributed by atoms with Crippen molar-refractivity contribution in [2.45, 2.75) is 19.5 Å². The number of carbonyl (C=O) groups excluding carboxylic acids is 1. The van der Waals surface area contributed by atoms with Crippen molar-refractivity contribution in [3.05, 3.63) is 62.9 Å². The van der Waals surface area contributed by atoms with Gasteiger partial charge in [-0.15, -0.1) is 22.7 Å². The van der Waals surface area contributed by atoms with Crippen LogP contribution in [0.15, 0.2) is 46.9 Å². The molecule has 12 heteroatoms. The fourth-order valence-corrected chi connectivity index (χ4v) is 4.24. The predicted molar refractivity (Wildman–Crippen MR) is 111 cm³/mol. The van der Waals surface area contributed by atoms with Gasteiger partial charge in [0.25, 0.3) is 0 Å². The van der Waals surface area contributed by atoms with E-state index in [1.54, 1.807) is 23.6 Å². The highest BCUT2D eigenvalue weighted by Gasteiger charge is 2.36. The number of oxime groups is 1. The van der Waals surface area contributed by atoms with Crippen LogP contribution in [0, 0.1) is 0 Å². The molecule has 0 aliphatic heterocycles. The first-order valence-electron chi connectivity index (χ1n) is 8.92. The van der Waals surface area contributed by atoms with E-state index in [0.29, 0.717) is 14.3 Å². The number of hydrogen-bond acceptors (Lipinski definition) is 7. The Labute approximate surface area is 181 Å². The third-order valence-corrected chi connectivity index (χ3v) is 6.33. The Hall–Kier alpha value is -3.25. The Morgan fingerprint density at radius 3 is 2.74 bits per heavy atom. The van der Waals surface area contributed by atoms with Crippen LogP contribution in [0.2, 0.25) is 0 Å². The van der Waals surface area contributed by atoms with Gasteiger partial charge >= 0.3 is 12.1 Å². The van der Waals surface area contributed by atoms with Crippen molar-refractivity contribution in [3.63, 3.8) is 0 Å². The topological polar surface area (TPSA) is 94.9 Å². The molecule has 7 nitrogen and oxygen atoms in total. The molecule has 0 spiro atoms. The minimum absolute atomic E-state index is 0.0343. The van der Waals surface area contributed by atoms with Crippen LogP contribution in [0.5, 0.6) is 0 Å². The fourth-order valence-electron chi connectivity index (χ4n) is 2.71. The van der Waals surface area contributed by atoms with E-state index in [2.05, 4.69) is 15.2 Å². The number of aryl methyl sites for hydroxylation is 1. The van der Waals surface area contributed by atoms with Gasteiger partial charge in [0.2, 0.25) is 0 Å². The molecular formula is C19H14F3N5O2S2. The fraction of sp³-hybridized carbons (Fsp3) is 0.158. The van der Waals surface area contributed by atoms with E-state index in [-0.39, 0.29) is 22.9 Å². The summed E-state index contributed by atoms with van der Waals surface area (Å²) in [5.74, 6) is -1.09. The van der Waals surface area contributed by atoms with Crippen LogP contribution in [0.25, 0.3) is 16.2 Å². The van der Waals surface area contributed by atoms with Gasteiger partial charge in [0.1, 0.15) is 0 Å². The molecule has 160 valence electrons. The van der Waals surface area contributed by atoms with Gasteiger partial charge < -0.3 is 10.6 Å². The van der Waals surface area contributed by atoms with Crippen molar-refractivity contribution in [2.24, 2.45) is 10.9 Å². The maximum absolute atomic E-state index is 13.7. The first-order chi connectivity index (χ1) is 14.8. The van der Waals surface area contributed by atoms with E-state index in [1.165, 1.54) is 22.7 Å². The first kappa shape index (κ1) is 21.0. The van der Waals surface area contributed by atoms with Crippen molar-refractivity contribution in [1.29, 1.82) is 0 Å². The number of fused-ring (bicyclic) bond motifs is 1. The summed E-state index contributed by atoms with van der Waals surface area (Å²) in [6.45, 7) is 1.95. The molecule has 4 aromatic heterocycles. The number of aromatic nitrogens is 3. The van der Waals surface area contributed by atoms with Crippen molar-refractivity contribution in [2.75, 3.05) is 0 Å². The maximum atomic E-state index is 13.7. The van der Waals surface area contributed by atoms with Crippen LogP contribution in [0.4, 0.5) is 13.2 Å². The molecule has 4 rings (SSSR count). The number of hydrogen-bond donors (Lipinski definition) is 1. The minimum Gasteiger partial charge on any atom is -0.380 e. The Kier molecular flexibility index (Phi) is 5.50. The second-order valence-electron chi connectivity index (χ2n) is 6.28. The molecule has 0 atom stereocenters. The Balaban J connectivity index is 1.71. The summed E-state index contributed by atoms with van der Waals surface area (Å²) in [7, 11) is 0. The molecule has 31 heavy (non-hydrogen) atoms. The maximum Gasteiger partial charge on any atom is 0.433 e. The molecule has 0 saturated heterocycles. The monoisotopic (exact) mass is 465 g/mol. The molecule has 0 saturated carbocycles. The molecule has 2 N–H and O–H groups in total. The molecule has 0 bridgehead atoms. The summed E-state index contributed by atoms with van der Waals surface area (Å²) in [4.78, 5) is 23.5. The lowest BCUT2D eigenvalue weighted by atomic mass is 10.2. The number of alkyl halides is 3. The van der Waals surface area contributed by atoms with Gasteiger partial charge in [-0.05, 0) is 36.1 Å². The molecule has 0 radical (unpaired) electrons. The molecule has 0 fully saturated rings. The SMILES string of the molecule is CCc1ccc(-c2cc(C(F)(F)F)n3nc(C(=O)O/N=C(\N)c4cccs4)cc3n2)s1. The number of nitrogens with zero attached hydrogens (tertiary/aromatic N) is 4. The quantitative estimate of drug-likeness (QED) is 0.202. The van der Waals surface area contributed by atoms with Crippen molar-refractivity contribution in [1.82, 2.24) is 14.6 Å². The largest absolute Gasteiger partial charge is 0.433 e. The van der Waals surface area contributed by atoms with Crippen molar-refractivity contribution >= 4 is 40.1 Å². The van der Waals surface area contributed by atoms with E-state index in [0.717, 1.165) is 23.4 Å². The normalized spacial score (nSPS) is 12.5. The number of halogens is 3.